The van der Waals surface area contributed by atoms with E-state index in [9.17, 15) is 9.90 Å². The second-order valence-corrected chi connectivity index (χ2v) is 8.91. The SMILES string of the molecule is CCCc1cc(=O)n(CCc2ccc(C)cc2)c(O)c1N=Nc1cc(C(C)(C)C)[nH]n1. The monoisotopic (exact) mass is 421 g/mol. The van der Waals surface area contributed by atoms with Gasteiger partial charge < -0.3 is 5.11 Å². The molecule has 0 saturated heterocycles. The molecule has 0 aliphatic heterocycles. The predicted molar refractivity (Wildman–Crippen MR) is 123 cm³/mol. The average molecular weight is 422 g/mol. The zero-order chi connectivity index (χ0) is 22.6. The van der Waals surface area contributed by atoms with E-state index >= 15 is 0 Å². The highest BCUT2D eigenvalue weighted by Gasteiger charge is 2.18. The van der Waals surface area contributed by atoms with Crippen LogP contribution in [0.5, 0.6) is 5.88 Å². The topological polar surface area (TPSA) is 95.6 Å². The van der Waals surface area contributed by atoms with E-state index in [0.717, 1.165) is 17.7 Å². The molecule has 0 saturated carbocycles. The first-order chi connectivity index (χ1) is 14.7. The molecule has 0 aliphatic rings. The van der Waals surface area contributed by atoms with Crippen LogP contribution in [-0.2, 0) is 24.8 Å². The van der Waals surface area contributed by atoms with Gasteiger partial charge in [-0.05, 0) is 30.9 Å². The van der Waals surface area contributed by atoms with Gasteiger partial charge >= 0.3 is 0 Å². The van der Waals surface area contributed by atoms with Crippen LogP contribution in [0.2, 0.25) is 0 Å². The number of aromatic amines is 1. The lowest BCUT2D eigenvalue weighted by molar-refractivity contribution is 0.406. The minimum Gasteiger partial charge on any atom is -0.493 e. The van der Waals surface area contributed by atoms with Crippen molar-refractivity contribution in [1.29, 1.82) is 0 Å². The molecule has 0 spiro atoms. The number of azo groups is 1. The van der Waals surface area contributed by atoms with Gasteiger partial charge in [-0.25, -0.2) is 0 Å². The average Bonchev–Trinajstić information content (AvgIpc) is 3.18. The number of benzene rings is 1. The number of nitrogens with one attached hydrogen (secondary N) is 1. The molecule has 31 heavy (non-hydrogen) atoms. The Morgan fingerprint density at radius 3 is 2.42 bits per heavy atom. The summed E-state index contributed by atoms with van der Waals surface area (Å²) in [7, 11) is 0. The van der Waals surface area contributed by atoms with Crippen LogP contribution in [-0.4, -0.2) is 19.9 Å². The maximum absolute atomic E-state index is 12.7. The normalized spacial score (nSPS) is 12.0. The van der Waals surface area contributed by atoms with Crippen molar-refractivity contribution in [3.63, 3.8) is 0 Å². The van der Waals surface area contributed by atoms with Gasteiger partial charge in [-0.15, -0.1) is 10.2 Å². The molecule has 2 N–H and O–H groups in total. The minimum atomic E-state index is -0.234. The second kappa shape index (κ2) is 9.29. The van der Waals surface area contributed by atoms with E-state index in [-0.39, 0.29) is 16.9 Å². The van der Waals surface area contributed by atoms with E-state index < -0.39 is 0 Å². The van der Waals surface area contributed by atoms with Gasteiger partial charge in [0.1, 0.15) is 5.69 Å². The zero-order valence-electron chi connectivity index (χ0n) is 18.9. The Kier molecular flexibility index (Phi) is 6.73. The Labute approximate surface area is 182 Å². The third-order valence-electron chi connectivity index (χ3n) is 5.22. The zero-order valence-corrected chi connectivity index (χ0v) is 18.9. The van der Waals surface area contributed by atoms with Gasteiger partial charge in [0, 0.05) is 29.8 Å². The number of aryl methyl sites for hydroxylation is 3. The van der Waals surface area contributed by atoms with E-state index in [2.05, 4.69) is 41.2 Å². The molecule has 1 aromatic carbocycles. The highest BCUT2D eigenvalue weighted by molar-refractivity contribution is 5.54. The smallest absolute Gasteiger partial charge is 0.253 e. The van der Waals surface area contributed by atoms with Gasteiger partial charge in [0.2, 0.25) is 5.88 Å². The number of rotatable bonds is 7. The lowest BCUT2D eigenvalue weighted by Gasteiger charge is -2.14. The van der Waals surface area contributed by atoms with Crippen LogP contribution < -0.4 is 5.56 Å². The molecule has 2 aromatic heterocycles. The van der Waals surface area contributed by atoms with Gasteiger partial charge in [0.15, 0.2) is 5.82 Å². The van der Waals surface area contributed by atoms with Crippen LogP contribution in [0.15, 0.2) is 51.4 Å². The summed E-state index contributed by atoms with van der Waals surface area (Å²) in [4.78, 5) is 12.7. The molecule has 0 aliphatic carbocycles. The molecule has 164 valence electrons. The quantitative estimate of drug-likeness (QED) is 0.494. The summed E-state index contributed by atoms with van der Waals surface area (Å²) in [6, 6.07) is 11.5. The summed E-state index contributed by atoms with van der Waals surface area (Å²) in [5, 5.41) is 26.6. The van der Waals surface area contributed by atoms with E-state index in [0.29, 0.717) is 36.5 Å². The standard InChI is InChI=1S/C24H31N5O2/c1-6-7-18-14-21(30)29(13-12-17-10-8-16(2)9-11-17)23(31)22(18)28-27-20-15-19(25-26-20)24(3,4)5/h8-11,14-15,31H,6-7,12-13H2,1-5H3,(H,25,26). The summed E-state index contributed by atoms with van der Waals surface area (Å²) in [5.74, 6) is 0.280. The van der Waals surface area contributed by atoms with E-state index in [1.54, 1.807) is 6.07 Å². The molecule has 0 atom stereocenters. The van der Waals surface area contributed by atoms with Crippen LogP contribution in [0.3, 0.4) is 0 Å². The number of hydrogen-bond acceptors (Lipinski definition) is 5. The van der Waals surface area contributed by atoms with Gasteiger partial charge in [0.05, 0.1) is 0 Å². The first kappa shape index (κ1) is 22.5. The summed E-state index contributed by atoms with van der Waals surface area (Å²) in [6.45, 7) is 10.7. The van der Waals surface area contributed by atoms with Gasteiger partial charge in [-0.1, -0.05) is 63.9 Å². The number of aromatic hydroxyl groups is 1. The van der Waals surface area contributed by atoms with Gasteiger partial charge in [0.25, 0.3) is 5.56 Å². The van der Waals surface area contributed by atoms with E-state index in [1.807, 2.05) is 44.2 Å². The van der Waals surface area contributed by atoms with Gasteiger partial charge in [-0.2, -0.15) is 5.10 Å². The molecular formula is C24H31N5O2. The fourth-order valence-electron chi connectivity index (χ4n) is 3.30. The van der Waals surface area contributed by atoms with Crippen LogP contribution in [0, 0.1) is 6.92 Å². The Balaban J connectivity index is 1.92. The molecule has 7 nitrogen and oxygen atoms in total. The number of pyridine rings is 1. The van der Waals surface area contributed by atoms with Crippen molar-refractivity contribution < 1.29 is 5.11 Å². The molecule has 0 unspecified atom stereocenters. The van der Waals surface area contributed by atoms with Crippen molar-refractivity contribution in [3.8, 4) is 5.88 Å². The Bertz CT molecular complexity index is 1120. The van der Waals surface area contributed by atoms with Crippen molar-refractivity contribution in [2.45, 2.75) is 65.8 Å². The Hall–Kier alpha value is -3.22. The third kappa shape index (κ3) is 5.48. The van der Waals surface area contributed by atoms with Crippen molar-refractivity contribution in [2.24, 2.45) is 10.2 Å². The molecule has 2 heterocycles. The first-order valence-corrected chi connectivity index (χ1v) is 10.7. The maximum atomic E-state index is 12.7. The molecular weight excluding hydrogens is 390 g/mol. The Morgan fingerprint density at radius 1 is 1.10 bits per heavy atom. The lowest BCUT2D eigenvalue weighted by atomic mass is 9.92. The van der Waals surface area contributed by atoms with Gasteiger partial charge in [-0.3, -0.25) is 14.5 Å². The summed E-state index contributed by atoms with van der Waals surface area (Å²) in [6.07, 6.45) is 2.08. The fraction of sp³-hybridized carbons (Fsp3) is 0.417. The van der Waals surface area contributed by atoms with Crippen LogP contribution >= 0.6 is 0 Å². The molecule has 3 aromatic rings. The highest BCUT2D eigenvalue weighted by atomic mass is 16.3. The van der Waals surface area contributed by atoms with Crippen molar-refractivity contribution in [3.05, 3.63) is 69.1 Å². The maximum Gasteiger partial charge on any atom is 0.253 e. The molecule has 0 bridgehead atoms. The molecule has 7 heteroatoms. The van der Waals surface area contributed by atoms with Crippen LogP contribution in [0.25, 0.3) is 0 Å². The van der Waals surface area contributed by atoms with E-state index in [4.69, 9.17) is 0 Å². The molecule has 3 rings (SSSR count). The Morgan fingerprint density at radius 2 is 1.81 bits per heavy atom. The molecule has 0 amide bonds. The van der Waals surface area contributed by atoms with E-state index in [1.165, 1.54) is 10.1 Å². The highest BCUT2D eigenvalue weighted by Crippen LogP contribution is 2.32. The predicted octanol–water partition coefficient (Wildman–Crippen LogP) is 5.49. The van der Waals surface area contributed by atoms with Crippen molar-refractivity contribution in [1.82, 2.24) is 14.8 Å². The third-order valence-corrected chi connectivity index (χ3v) is 5.22. The number of hydrogen-bond donors (Lipinski definition) is 2. The molecule has 0 fully saturated rings. The van der Waals surface area contributed by atoms with Crippen molar-refractivity contribution >= 4 is 11.5 Å². The van der Waals surface area contributed by atoms with Crippen molar-refractivity contribution in [2.75, 3.05) is 0 Å². The largest absolute Gasteiger partial charge is 0.493 e. The summed E-state index contributed by atoms with van der Waals surface area (Å²) >= 11 is 0. The second-order valence-electron chi connectivity index (χ2n) is 8.91. The summed E-state index contributed by atoms with van der Waals surface area (Å²) < 4.78 is 1.36. The van der Waals surface area contributed by atoms with Crippen LogP contribution in [0.1, 0.15) is 56.5 Å². The minimum absolute atomic E-state index is 0.0838. The number of H-pyrrole nitrogens is 1. The number of aromatic nitrogens is 3. The first-order valence-electron chi connectivity index (χ1n) is 10.7. The summed E-state index contributed by atoms with van der Waals surface area (Å²) in [5.41, 5.74) is 3.92. The van der Waals surface area contributed by atoms with Crippen LogP contribution in [0.4, 0.5) is 11.5 Å². The lowest BCUT2D eigenvalue weighted by Crippen LogP contribution is -2.21. The molecule has 0 radical (unpaired) electrons. The number of nitrogens with zero attached hydrogens (tertiary/aromatic N) is 4. The fourth-order valence-corrected chi connectivity index (χ4v) is 3.30.